The molecular weight excluding hydrogens is 390 g/mol. The number of Topliss-reactive ketones (excluding diaryl/α,β-unsaturated/α-hetero) is 1. The van der Waals surface area contributed by atoms with Crippen molar-refractivity contribution >= 4 is 28.5 Å². The number of fused-ring (bicyclic) bond motifs is 1. The third kappa shape index (κ3) is 4.19. The van der Waals surface area contributed by atoms with Crippen LogP contribution in [0.1, 0.15) is 41.8 Å². The Balaban J connectivity index is 1.71. The average molecular weight is 413 g/mol. The van der Waals surface area contributed by atoms with E-state index in [0.717, 1.165) is 21.9 Å². The van der Waals surface area contributed by atoms with Crippen molar-refractivity contribution < 1.29 is 18.7 Å². The van der Waals surface area contributed by atoms with E-state index < -0.39 is 35.2 Å². The first kappa shape index (κ1) is 21.1. The number of benzene rings is 1. The van der Waals surface area contributed by atoms with Crippen molar-refractivity contribution in [3.63, 3.8) is 0 Å². The second-order valence-corrected chi connectivity index (χ2v) is 6.88. The standard InChI is InChI=1S/C21H23N3O6/c1-3-7-24-19(22)18(20(27)23-21(24)28)15(25)11-30-17(26)9-13-10-29-16-8-12(4-2)5-6-14(13)16/h5-6,8,10H,3-4,7,9,11,22H2,1-2H3,(H,23,27,28). The molecular formula is C21H23N3O6. The van der Waals surface area contributed by atoms with Gasteiger partial charge in [-0.05, 0) is 24.5 Å². The molecule has 0 unspecified atom stereocenters. The second-order valence-electron chi connectivity index (χ2n) is 6.88. The summed E-state index contributed by atoms with van der Waals surface area (Å²) >= 11 is 0. The fourth-order valence-electron chi connectivity index (χ4n) is 3.21. The fourth-order valence-corrected chi connectivity index (χ4v) is 3.21. The number of ether oxygens (including phenoxy) is 1. The van der Waals surface area contributed by atoms with Crippen LogP contribution in [0.15, 0.2) is 38.5 Å². The summed E-state index contributed by atoms with van der Waals surface area (Å²) in [7, 11) is 0. The molecule has 2 heterocycles. The van der Waals surface area contributed by atoms with E-state index in [1.807, 2.05) is 32.0 Å². The summed E-state index contributed by atoms with van der Waals surface area (Å²) < 4.78 is 11.6. The van der Waals surface area contributed by atoms with E-state index in [1.54, 1.807) is 0 Å². The smallest absolute Gasteiger partial charge is 0.329 e. The molecule has 158 valence electrons. The first-order valence-corrected chi connectivity index (χ1v) is 9.66. The molecule has 3 aromatic rings. The molecule has 0 atom stereocenters. The fraction of sp³-hybridized carbons (Fsp3) is 0.333. The van der Waals surface area contributed by atoms with Crippen LogP contribution in [-0.2, 0) is 28.9 Å². The molecule has 0 amide bonds. The molecule has 0 radical (unpaired) electrons. The van der Waals surface area contributed by atoms with Crippen molar-refractivity contribution in [3.8, 4) is 0 Å². The summed E-state index contributed by atoms with van der Waals surface area (Å²) in [5.41, 5.74) is 6.28. The number of nitrogens with zero attached hydrogens (tertiary/aromatic N) is 1. The Morgan fingerprint density at radius 3 is 2.70 bits per heavy atom. The van der Waals surface area contributed by atoms with E-state index in [9.17, 15) is 19.2 Å². The van der Waals surface area contributed by atoms with Crippen molar-refractivity contribution in [2.24, 2.45) is 0 Å². The highest BCUT2D eigenvalue weighted by molar-refractivity contribution is 6.01. The number of aromatic amines is 1. The second kappa shape index (κ2) is 8.81. The van der Waals surface area contributed by atoms with Crippen molar-refractivity contribution in [3.05, 3.63) is 62.0 Å². The first-order chi connectivity index (χ1) is 14.3. The molecule has 0 saturated carbocycles. The maximum absolute atomic E-state index is 12.4. The summed E-state index contributed by atoms with van der Waals surface area (Å²) in [6.45, 7) is 3.44. The number of hydrogen-bond acceptors (Lipinski definition) is 7. The molecule has 2 aromatic heterocycles. The number of anilines is 1. The maximum atomic E-state index is 12.4. The molecule has 1 aromatic carbocycles. The number of aromatic nitrogens is 2. The van der Waals surface area contributed by atoms with Gasteiger partial charge in [0.25, 0.3) is 5.56 Å². The number of hydrogen-bond donors (Lipinski definition) is 2. The van der Waals surface area contributed by atoms with Crippen LogP contribution in [0.5, 0.6) is 0 Å². The van der Waals surface area contributed by atoms with Gasteiger partial charge in [0.1, 0.15) is 17.0 Å². The monoisotopic (exact) mass is 413 g/mol. The van der Waals surface area contributed by atoms with Crippen LogP contribution in [0.4, 0.5) is 5.82 Å². The van der Waals surface area contributed by atoms with Gasteiger partial charge in [-0.3, -0.25) is 23.9 Å². The largest absolute Gasteiger partial charge is 0.464 e. The summed E-state index contributed by atoms with van der Waals surface area (Å²) in [6.07, 6.45) is 2.84. The molecule has 0 fully saturated rings. The predicted octanol–water partition coefficient (Wildman–Crippen LogP) is 1.81. The Bertz CT molecular complexity index is 1220. The first-order valence-electron chi connectivity index (χ1n) is 9.66. The molecule has 9 heteroatoms. The lowest BCUT2D eigenvalue weighted by Crippen LogP contribution is -2.37. The number of furan rings is 1. The number of esters is 1. The minimum Gasteiger partial charge on any atom is -0.464 e. The van der Waals surface area contributed by atoms with Gasteiger partial charge in [-0.15, -0.1) is 0 Å². The highest BCUT2D eigenvalue weighted by Gasteiger charge is 2.21. The van der Waals surface area contributed by atoms with E-state index in [0.29, 0.717) is 17.6 Å². The third-order valence-electron chi connectivity index (χ3n) is 4.79. The summed E-state index contributed by atoms with van der Waals surface area (Å²) in [5.74, 6) is -1.67. The summed E-state index contributed by atoms with van der Waals surface area (Å²) in [5, 5.41) is 0.794. The van der Waals surface area contributed by atoms with Crippen LogP contribution in [0.25, 0.3) is 11.0 Å². The zero-order valence-corrected chi connectivity index (χ0v) is 16.8. The summed E-state index contributed by atoms with van der Waals surface area (Å²) in [6, 6.07) is 5.74. The Morgan fingerprint density at radius 1 is 1.23 bits per heavy atom. The highest BCUT2D eigenvalue weighted by Crippen LogP contribution is 2.23. The lowest BCUT2D eigenvalue weighted by molar-refractivity contribution is -0.141. The minimum absolute atomic E-state index is 0.0904. The van der Waals surface area contributed by atoms with Crippen molar-refractivity contribution in [1.29, 1.82) is 0 Å². The van der Waals surface area contributed by atoms with Gasteiger partial charge in [0.05, 0.1) is 12.7 Å². The van der Waals surface area contributed by atoms with Crippen LogP contribution >= 0.6 is 0 Å². The number of carbonyl (C=O) groups is 2. The number of nitrogens with one attached hydrogen (secondary N) is 1. The Labute approximate surface area is 171 Å². The topological polar surface area (TPSA) is 137 Å². The predicted molar refractivity (Wildman–Crippen MR) is 111 cm³/mol. The van der Waals surface area contributed by atoms with Gasteiger partial charge in [-0.25, -0.2) is 4.79 Å². The SMILES string of the molecule is CCCn1c(N)c(C(=O)COC(=O)Cc2coc3cc(CC)ccc23)c(=O)[nH]c1=O. The van der Waals surface area contributed by atoms with E-state index in [-0.39, 0.29) is 18.8 Å². The minimum atomic E-state index is -0.904. The van der Waals surface area contributed by atoms with Gasteiger partial charge in [0.15, 0.2) is 6.61 Å². The number of nitrogen functional groups attached to an aromatic ring is 1. The van der Waals surface area contributed by atoms with E-state index in [2.05, 4.69) is 4.98 Å². The van der Waals surface area contributed by atoms with Crippen LogP contribution in [0.2, 0.25) is 0 Å². The number of H-pyrrole nitrogens is 1. The molecule has 0 spiro atoms. The Hall–Kier alpha value is -3.62. The Kier molecular flexibility index (Phi) is 6.20. The van der Waals surface area contributed by atoms with E-state index >= 15 is 0 Å². The quantitative estimate of drug-likeness (QED) is 0.424. The molecule has 0 saturated heterocycles. The number of nitrogens with two attached hydrogens (primary N) is 1. The molecule has 3 rings (SSSR count). The molecule has 30 heavy (non-hydrogen) atoms. The Morgan fingerprint density at radius 2 is 2.00 bits per heavy atom. The lowest BCUT2D eigenvalue weighted by atomic mass is 10.1. The van der Waals surface area contributed by atoms with Crippen LogP contribution in [-0.4, -0.2) is 27.9 Å². The molecule has 0 aliphatic rings. The van der Waals surface area contributed by atoms with Crippen LogP contribution in [0.3, 0.4) is 0 Å². The molecule has 0 aliphatic carbocycles. The third-order valence-corrected chi connectivity index (χ3v) is 4.79. The zero-order chi connectivity index (χ0) is 21.8. The molecule has 0 aliphatic heterocycles. The summed E-state index contributed by atoms with van der Waals surface area (Å²) in [4.78, 5) is 50.6. The van der Waals surface area contributed by atoms with E-state index in [1.165, 1.54) is 6.26 Å². The van der Waals surface area contributed by atoms with Gasteiger partial charge >= 0.3 is 11.7 Å². The number of rotatable bonds is 8. The number of ketones is 1. The van der Waals surface area contributed by atoms with Crippen molar-refractivity contribution in [2.75, 3.05) is 12.3 Å². The molecule has 3 N–H and O–H groups in total. The number of aryl methyl sites for hydroxylation is 1. The molecule has 0 bridgehead atoms. The van der Waals surface area contributed by atoms with Crippen molar-refractivity contribution in [2.45, 2.75) is 39.7 Å². The van der Waals surface area contributed by atoms with Gasteiger partial charge in [-0.1, -0.05) is 26.0 Å². The lowest BCUT2D eigenvalue weighted by Gasteiger charge is -2.11. The van der Waals surface area contributed by atoms with Gasteiger partial charge in [0.2, 0.25) is 5.78 Å². The van der Waals surface area contributed by atoms with E-state index in [4.69, 9.17) is 14.9 Å². The zero-order valence-electron chi connectivity index (χ0n) is 16.8. The number of carbonyl (C=O) groups excluding carboxylic acids is 2. The van der Waals surface area contributed by atoms with Gasteiger partial charge in [0, 0.05) is 17.5 Å². The van der Waals surface area contributed by atoms with Crippen molar-refractivity contribution in [1.82, 2.24) is 9.55 Å². The maximum Gasteiger partial charge on any atom is 0.329 e. The highest BCUT2D eigenvalue weighted by atomic mass is 16.5. The van der Waals surface area contributed by atoms with Crippen LogP contribution < -0.4 is 17.0 Å². The van der Waals surface area contributed by atoms with Gasteiger partial charge in [-0.2, -0.15) is 0 Å². The normalized spacial score (nSPS) is 11.0. The molecule has 9 nitrogen and oxygen atoms in total. The average Bonchev–Trinajstić information content (AvgIpc) is 3.11. The van der Waals surface area contributed by atoms with Crippen LogP contribution in [0, 0.1) is 0 Å². The van der Waals surface area contributed by atoms with Gasteiger partial charge < -0.3 is 14.9 Å².